The second-order valence-corrected chi connectivity index (χ2v) is 8.54. The number of benzene rings is 1. The fourth-order valence-electron chi connectivity index (χ4n) is 3.25. The Morgan fingerprint density at radius 2 is 1.85 bits per heavy atom. The van der Waals surface area contributed by atoms with Crippen molar-refractivity contribution >= 4 is 21.9 Å². The molecule has 1 heterocycles. The van der Waals surface area contributed by atoms with Crippen molar-refractivity contribution in [2.75, 3.05) is 7.05 Å². The van der Waals surface area contributed by atoms with Crippen molar-refractivity contribution in [3.8, 4) is 0 Å². The van der Waals surface area contributed by atoms with Crippen LogP contribution in [0.25, 0.3) is 0 Å². The van der Waals surface area contributed by atoms with E-state index < -0.39 is 22.1 Å². The lowest BCUT2D eigenvalue weighted by Gasteiger charge is -2.40. The largest absolute Gasteiger partial charge is 0.449 e. The second kappa shape index (κ2) is 8.18. The maximum absolute atomic E-state index is 12.7. The van der Waals surface area contributed by atoms with E-state index in [9.17, 15) is 18.0 Å². The van der Waals surface area contributed by atoms with Crippen LogP contribution in [0.15, 0.2) is 29.2 Å². The normalized spacial score (nSPS) is 21.9. The molecular weight excluding hydrogens is 356 g/mol. The highest BCUT2D eigenvalue weighted by molar-refractivity contribution is 7.89. The van der Waals surface area contributed by atoms with Crippen LogP contribution in [0, 0.1) is 0 Å². The zero-order valence-electron chi connectivity index (χ0n) is 15.6. The zero-order valence-corrected chi connectivity index (χ0v) is 16.4. The lowest BCUT2D eigenvalue weighted by atomic mass is 9.97. The molecule has 0 aliphatic carbocycles. The summed E-state index contributed by atoms with van der Waals surface area (Å²) < 4.78 is 31.2. The lowest BCUT2D eigenvalue weighted by Crippen LogP contribution is -2.51. The molecule has 1 aromatic carbocycles. The smallest absolute Gasteiger partial charge is 0.338 e. The monoisotopic (exact) mass is 382 g/mol. The van der Waals surface area contributed by atoms with Crippen molar-refractivity contribution < 1.29 is 22.7 Å². The third-order valence-electron chi connectivity index (χ3n) is 4.73. The number of hydrogen-bond donors (Lipinski definition) is 1. The van der Waals surface area contributed by atoms with Crippen LogP contribution in [0.2, 0.25) is 0 Å². The van der Waals surface area contributed by atoms with E-state index in [1.807, 2.05) is 13.8 Å². The third kappa shape index (κ3) is 4.42. The molecule has 0 bridgehead atoms. The predicted octanol–water partition coefficient (Wildman–Crippen LogP) is 1.93. The van der Waals surface area contributed by atoms with Gasteiger partial charge in [0.2, 0.25) is 10.0 Å². The molecule has 0 radical (unpaired) electrons. The van der Waals surface area contributed by atoms with E-state index in [0.717, 1.165) is 19.3 Å². The summed E-state index contributed by atoms with van der Waals surface area (Å²) in [7, 11) is -2.37. The summed E-state index contributed by atoms with van der Waals surface area (Å²) >= 11 is 0. The van der Waals surface area contributed by atoms with Gasteiger partial charge in [-0.2, -0.15) is 0 Å². The van der Waals surface area contributed by atoms with Gasteiger partial charge in [0.15, 0.2) is 6.10 Å². The van der Waals surface area contributed by atoms with Crippen LogP contribution in [0.5, 0.6) is 0 Å². The lowest BCUT2D eigenvalue weighted by molar-refractivity contribution is -0.146. The molecule has 1 N–H and O–H groups in total. The van der Waals surface area contributed by atoms with Crippen molar-refractivity contribution in [1.29, 1.82) is 0 Å². The second-order valence-electron chi connectivity index (χ2n) is 6.66. The summed E-state index contributed by atoms with van der Waals surface area (Å²) in [6.45, 7) is 5.53. The average molecular weight is 382 g/mol. The van der Waals surface area contributed by atoms with E-state index in [2.05, 4.69) is 4.72 Å². The van der Waals surface area contributed by atoms with Crippen LogP contribution < -0.4 is 4.72 Å². The maximum atomic E-state index is 12.7. The van der Waals surface area contributed by atoms with Gasteiger partial charge in [0.25, 0.3) is 5.91 Å². The summed E-state index contributed by atoms with van der Waals surface area (Å²) in [5.74, 6) is -0.951. The number of nitrogens with one attached hydrogen (secondary N) is 1. The van der Waals surface area contributed by atoms with Crippen LogP contribution in [-0.4, -0.2) is 50.4 Å². The molecule has 2 rings (SSSR count). The molecule has 26 heavy (non-hydrogen) atoms. The average Bonchev–Trinajstić information content (AvgIpc) is 2.61. The molecule has 1 aromatic rings. The van der Waals surface area contributed by atoms with Crippen LogP contribution in [0.1, 0.15) is 50.4 Å². The number of esters is 1. The summed E-state index contributed by atoms with van der Waals surface area (Å²) in [6, 6.07) is 5.75. The van der Waals surface area contributed by atoms with Gasteiger partial charge >= 0.3 is 5.97 Å². The molecule has 144 valence electrons. The first-order chi connectivity index (χ1) is 12.2. The van der Waals surface area contributed by atoms with E-state index in [1.54, 1.807) is 11.8 Å². The van der Waals surface area contributed by atoms with Gasteiger partial charge in [0.05, 0.1) is 10.5 Å². The Bertz CT molecular complexity index is 768. The highest BCUT2D eigenvalue weighted by Gasteiger charge is 2.33. The predicted molar refractivity (Wildman–Crippen MR) is 97.2 cm³/mol. The molecule has 1 aliphatic rings. The fourth-order valence-corrected chi connectivity index (χ4v) is 4.03. The van der Waals surface area contributed by atoms with Crippen molar-refractivity contribution in [3.63, 3.8) is 0 Å². The number of rotatable bonds is 5. The first-order valence-electron chi connectivity index (χ1n) is 8.74. The summed E-state index contributed by atoms with van der Waals surface area (Å²) in [6.07, 6.45) is 2.00. The van der Waals surface area contributed by atoms with Gasteiger partial charge in [0.1, 0.15) is 0 Å². The molecule has 8 heteroatoms. The maximum Gasteiger partial charge on any atom is 0.338 e. The molecule has 3 atom stereocenters. The third-order valence-corrected chi connectivity index (χ3v) is 6.14. The minimum Gasteiger partial charge on any atom is -0.449 e. The van der Waals surface area contributed by atoms with Crippen LogP contribution in [-0.2, 0) is 19.6 Å². The first kappa shape index (κ1) is 20.4. The zero-order chi connectivity index (χ0) is 19.5. The van der Waals surface area contributed by atoms with Crippen molar-refractivity contribution in [1.82, 2.24) is 9.62 Å². The number of amides is 1. The van der Waals surface area contributed by atoms with E-state index in [4.69, 9.17) is 4.74 Å². The minimum atomic E-state index is -3.66. The van der Waals surface area contributed by atoms with E-state index in [1.165, 1.54) is 31.3 Å². The first-order valence-corrected chi connectivity index (χ1v) is 10.2. The molecule has 1 fully saturated rings. The van der Waals surface area contributed by atoms with Crippen LogP contribution >= 0.6 is 0 Å². The number of sulfonamides is 1. The topological polar surface area (TPSA) is 92.8 Å². The number of carbonyl (C=O) groups excluding carboxylic acids is 2. The van der Waals surface area contributed by atoms with Gasteiger partial charge in [-0.1, -0.05) is 6.07 Å². The number of likely N-dealkylation sites (tertiary alicyclic amines) is 1. The van der Waals surface area contributed by atoms with Crippen molar-refractivity contribution in [2.45, 2.75) is 63.1 Å². The van der Waals surface area contributed by atoms with E-state index >= 15 is 0 Å². The Hall–Kier alpha value is -1.93. The highest BCUT2D eigenvalue weighted by atomic mass is 32.2. The Morgan fingerprint density at radius 1 is 1.23 bits per heavy atom. The summed E-state index contributed by atoms with van der Waals surface area (Å²) in [5.41, 5.74) is 0.0840. The van der Waals surface area contributed by atoms with Crippen molar-refractivity contribution in [2.24, 2.45) is 0 Å². The van der Waals surface area contributed by atoms with Crippen molar-refractivity contribution in [3.05, 3.63) is 29.8 Å². The Labute approximate surface area is 154 Å². The number of piperidine rings is 1. The van der Waals surface area contributed by atoms with Gasteiger partial charge in [-0.05, 0) is 65.3 Å². The van der Waals surface area contributed by atoms with Gasteiger partial charge < -0.3 is 9.64 Å². The standard InChI is InChI=1S/C18H26N2O5S/c1-12-7-5-8-13(2)20(12)17(21)14(3)25-18(22)15-9-6-10-16(11-15)26(23,24)19-4/h6,9-14,19H,5,7-8H2,1-4H3/t12-,13-,14+/m0/s1. The number of hydrogen-bond acceptors (Lipinski definition) is 5. The summed E-state index contributed by atoms with van der Waals surface area (Å²) in [4.78, 5) is 26.8. The number of ether oxygens (including phenoxy) is 1. The summed E-state index contributed by atoms with van der Waals surface area (Å²) in [5, 5.41) is 0. The molecule has 0 saturated carbocycles. The molecular formula is C18H26N2O5S. The van der Waals surface area contributed by atoms with Gasteiger partial charge in [0, 0.05) is 12.1 Å². The van der Waals surface area contributed by atoms with E-state index in [0.29, 0.717) is 0 Å². The number of carbonyl (C=O) groups is 2. The Balaban J connectivity index is 2.12. The van der Waals surface area contributed by atoms with Crippen LogP contribution in [0.4, 0.5) is 0 Å². The number of nitrogens with zero attached hydrogens (tertiary/aromatic N) is 1. The molecule has 0 aromatic heterocycles. The molecule has 0 spiro atoms. The van der Waals surface area contributed by atoms with Gasteiger partial charge in [-0.3, -0.25) is 4.79 Å². The van der Waals surface area contributed by atoms with E-state index in [-0.39, 0.29) is 28.4 Å². The van der Waals surface area contributed by atoms with Crippen LogP contribution in [0.3, 0.4) is 0 Å². The highest BCUT2D eigenvalue weighted by Crippen LogP contribution is 2.24. The van der Waals surface area contributed by atoms with Gasteiger partial charge in [-0.15, -0.1) is 0 Å². The molecule has 1 amide bonds. The van der Waals surface area contributed by atoms with Gasteiger partial charge in [-0.25, -0.2) is 17.9 Å². The Morgan fingerprint density at radius 3 is 2.42 bits per heavy atom. The molecule has 0 unspecified atom stereocenters. The molecule has 7 nitrogen and oxygen atoms in total. The molecule has 1 aliphatic heterocycles. The minimum absolute atomic E-state index is 0.0355. The quantitative estimate of drug-likeness (QED) is 0.786. The molecule has 1 saturated heterocycles. The SMILES string of the molecule is CNS(=O)(=O)c1cccc(C(=O)O[C@H](C)C(=O)N2[C@@H](C)CCC[C@@H]2C)c1. The Kier molecular flexibility index (Phi) is 6.41. The fraction of sp³-hybridized carbons (Fsp3) is 0.556.